The van der Waals surface area contributed by atoms with E-state index in [1.165, 1.54) is 13.4 Å². The summed E-state index contributed by atoms with van der Waals surface area (Å²) in [7, 11) is 1.50. The summed E-state index contributed by atoms with van der Waals surface area (Å²) in [4.78, 5) is 7.67. The van der Waals surface area contributed by atoms with Gasteiger partial charge in [-0.15, -0.1) is 0 Å². The highest BCUT2D eigenvalue weighted by atomic mass is 35.5. The van der Waals surface area contributed by atoms with Crippen LogP contribution in [0.3, 0.4) is 0 Å². The third kappa shape index (κ3) is 2.45. The SMILES string of the molecule is CCCOc1ncnc(Cl)c1OC. The van der Waals surface area contributed by atoms with Crippen molar-refractivity contribution in [2.24, 2.45) is 0 Å². The van der Waals surface area contributed by atoms with Crippen molar-refractivity contribution in [3.05, 3.63) is 11.5 Å². The van der Waals surface area contributed by atoms with E-state index in [-0.39, 0.29) is 5.15 Å². The first-order chi connectivity index (χ1) is 6.29. The molecule has 0 radical (unpaired) electrons. The van der Waals surface area contributed by atoms with Crippen LogP contribution in [0.5, 0.6) is 11.6 Å². The Balaban J connectivity index is 2.85. The summed E-state index contributed by atoms with van der Waals surface area (Å²) in [6.07, 6.45) is 2.25. The summed E-state index contributed by atoms with van der Waals surface area (Å²) in [6, 6.07) is 0. The van der Waals surface area contributed by atoms with Crippen LogP contribution in [0.2, 0.25) is 5.15 Å². The van der Waals surface area contributed by atoms with E-state index in [1.54, 1.807) is 0 Å². The van der Waals surface area contributed by atoms with E-state index in [0.717, 1.165) is 6.42 Å². The number of hydrogen-bond acceptors (Lipinski definition) is 4. The van der Waals surface area contributed by atoms with Gasteiger partial charge in [-0.2, -0.15) is 4.98 Å². The van der Waals surface area contributed by atoms with E-state index in [9.17, 15) is 0 Å². The van der Waals surface area contributed by atoms with Gasteiger partial charge in [0.05, 0.1) is 13.7 Å². The van der Waals surface area contributed by atoms with E-state index in [0.29, 0.717) is 18.2 Å². The summed E-state index contributed by atoms with van der Waals surface area (Å²) in [5, 5.41) is 0.267. The Morgan fingerprint density at radius 2 is 2.23 bits per heavy atom. The molecule has 0 aliphatic rings. The molecule has 0 amide bonds. The molecule has 0 unspecified atom stereocenters. The first kappa shape index (κ1) is 10.1. The Morgan fingerprint density at radius 1 is 1.46 bits per heavy atom. The Labute approximate surface area is 81.9 Å². The molecule has 1 aromatic heterocycles. The molecule has 13 heavy (non-hydrogen) atoms. The lowest BCUT2D eigenvalue weighted by Gasteiger charge is -2.08. The topological polar surface area (TPSA) is 44.2 Å². The van der Waals surface area contributed by atoms with E-state index in [2.05, 4.69) is 9.97 Å². The molecule has 0 fully saturated rings. The summed E-state index contributed by atoms with van der Waals surface area (Å²) in [5.74, 6) is 0.780. The zero-order valence-electron chi connectivity index (χ0n) is 7.58. The van der Waals surface area contributed by atoms with Gasteiger partial charge in [0, 0.05) is 0 Å². The monoisotopic (exact) mass is 202 g/mol. The van der Waals surface area contributed by atoms with E-state index in [4.69, 9.17) is 21.1 Å². The van der Waals surface area contributed by atoms with Gasteiger partial charge in [0.2, 0.25) is 5.75 Å². The molecule has 0 aliphatic heterocycles. The van der Waals surface area contributed by atoms with Gasteiger partial charge in [-0.05, 0) is 6.42 Å². The van der Waals surface area contributed by atoms with Crippen LogP contribution in [0, 0.1) is 0 Å². The molecule has 4 nitrogen and oxygen atoms in total. The molecule has 1 aromatic rings. The van der Waals surface area contributed by atoms with E-state index < -0.39 is 0 Å². The highest BCUT2D eigenvalue weighted by molar-refractivity contribution is 6.31. The summed E-state index contributed by atoms with van der Waals surface area (Å²) >= 11 is 5.75. The fourth-order valence-corrected chi connectivity index (χ4v) is 1.01. The largest absolute Gasteiger partial charge is 0.489 e. The van der Waals surface area contributed by atoms with Gasteiger partial charge in [0.1, 0.15) is 6.33 Å². The first-order valence-electron chi connectivity index (χ1n) is 3.96. The van der Waals surface area contributed by atoms with Crippen molar-refractivity contribution in [2.45, 2.75) is 13.3 Å². The van der Waals surface area contributed by atoms with Gasteiger partial charge in [0.15, 0.2) is 5.15 Å². The Bertz CT molecular complexity index is 281. The van der Waals surface area contributed by atoms with E-state index >= 15 is 0 Å². The van der Waals surface area contributed by atoms with Gasteiger partial charge < -0.3 is 9.47 Å². The molecule has 1 rings (SSSR count). The van der Waals surface area contributed by atoms with Gasteiger partial charge in [0.25, 0.3) is 5.88 Å². The van der Waals surface area contributed by atoms with Crippen molar-refractivity contribution in [3.63, 3.8) is 0 Å². The molecule has 0 saturated carbocycles. The molecule has 0 saturated heterocycles. The second kappa shape index (κ2) is 4.87. The minimum Gasteiger partial charge on any atom is -0.489 e. The molecule has 0 aromatic carbocycles. The molecule has 1 heterocycles. The highest BCUT2D eigenvalue weighted by Crippen LogP contribution is 2.30. The molecule has 0 spiro atoms. The number of ether oxygens (including phenoxy) is 2. The maximum absolute atomic E-state index is 5.75. The minimum absolute atomic E-state index is 0.267. The fraction of sp³-hybridized carbons (Fsp3) is 0.500. The lowest BCUT2D eigenvalue weighted by atomic mass is 10.5. The summed E-state index contributed by atoms with van der Waals surface area (Å²) in [5.41, 5.74) is 0. The Kier molecular flexibility index (Phi) is 3.76. The fourth-order valence-electron chi connectivity index (χ4n) is 0.811. The number of halogens is 1. The van der Waals surface area contributed by atoms with E-state index in [1.807, 2.05) is 6.92 Å². The number of rotatable bonds is 4. The zero-order chi connectivity index (χ0) is 9.68. The third-order valence-electron chi connectivity index (χ3n) is 1.37. The lowest BCUT2D eigenvalue weighted by molar-refractivity contribution is 0.281. The molecule has 0 atom stereocenters. The molecule has 0 aliphatic carbocycles. The molecular formula is C8H11ClN2O2. The Morgan fingerprint density at radius 3 is 2.85 bits per heavy atom. The highest BCUT2D eigenvalue weighted by Gasteiger charge is 2.10. The van der Waals surface area contributed by atoms with Crippen LogP contribution >= 0.6 is 11.6 Å². The zero-order valence-corrected chi connectivity index (χ0v) is 8.34. The minimum atomic E-state index is 0.267. The predicted molar refractivity (Wildman–Crippen MR) is 49.4 cm³/mol. The lowest BCUT2D eigenvalue weighted by Crippen LogP contribution is -2.01. The summed E-state index contributed by atoms with van der Waals surface area (Å²) in [6.45, 7) is 2.60. The molecular weight excluding hydrogens is 192 g/mol. The first-order valence-corrected chi connectivity index (χ1v) is 4.34. The van der Waals surface area contributed by atoms with Crippen molar-refractivity contribution in [1.82, 2.24) is 9.97 Å². The third-order valence-corrected chi connectivity index (χ3v) is 1.64. The normalized spacial score (nSPS) is 9.77. The standard InChI is InChI=1S/C8H11ClN2O2/c1-3-4-13-8-6(12-2)7(9)10-5-11-8/h5H,3-4H2,1-2H3. The van der Waals surface area contributed by atoms with Crippen molar-refractivity contribution >= 4 is 11.6 Å². The van der Waals surface area contributed by atoms with Crippen molar-refractivity contribution < 1.29 is 9.47 Å². The quantitative estimate of drug-likeness (QED) is 0.700. The average Bonchev–Trinajstić information content (AvgIpc) is 2.15. The Hall–Kier alpha value is -1.03. The molecule has 72 valence electrons. The number of aromatic nitrogens is 2. The van der Waals surface area contributed by atoms with Crippen LogP contribution in [-0.4, -0.2) is 23.7 Å². The number of methoxy groups -OCH3 is 1. The number of nitrogens with zero attached hydrogens (tertiary/aromatic N) is 2. The molecule has 5 heteroatoms. The maximum Gasteiger partial charge on any atom is 0.261 e. The van der Waals surface area contributed by atoms with Gasteiger partial charge in [-0.25, -0.2) is 4.98 Å². The smallest absolute Gasteiger partial charge is 0.261 e. The van der Waals surface area contributed by atoms with Crippen LogP contribution in [-0.2, 0) is 0 Å². The van der Waals surface area contributed by atoms with Crippen LogP contribution in [0.1, 0.15) is 13.3 Å². The predicted octanol–water partition coefficient (Wildman–Crippen LogP) is 1.93. The van der Waals surface area contributed by atoms with Crippen LogP contribution in [0.25, 0.3) is 0 Å². The maximum atomic E-state index is 5.75. The van der Waals surface area contributed by atoms with Crippen molar-refractivity contribution in [2.75, 3.05) is 13.7 Å². The second-order valence-electron chi connectivity index (χ2n) is 2.35. The number of hydrogen-bond donors (Lipinski definition) is 0. The molecule has 0 N–H and O–H groups in total. The van der Waals surface area contributed by atoms with Gasteiger partial charge in [-0.3, -0.25) is 0 Å². The van der Waals surface area contributed by atoms with Crippen molar-refractivity contribution in [1.29, 1.82) is 0 Å². The van der Waals surface area contributed by atoms with Crippen LogP contribution in [0.4, 0.5) is 0 Å². The second-order valence-corrected chi connectivity index (χ2v) is 2.71. The van der Waals surface area contributed by atoms with Gasteiger partial charge >= 0.3 is 0 Å². The average molecular weight is 203 g/mol. The van der Waals surface area contributed by atoms with Crippen LogP contribution in [0.15, 0.2) is 6.33 Å². The van der Waals surface area contributed by atoms with Gasteiger partial charge in [-0.1, -0.05) is 18.5 Å². The van der Waals surface area contributed by atoms with Crippen molar-refractivity contribution in [3.8, 4) is 11.6 Å². The van der Waals surface area contributed by atoms with Crippen LogP contribution < -0.4 is 9.47 Å². The summed E-state index contributed by atoms with van der Waals surface area (Å²) < 4.78 is 10.3. The molecule has 0 bridgehead atoms.